The standard InChI is InChI=1S/2C6H14.2C5H9F3.4C5H10F2.2C5H11F.3C5H12/c1-5-6(2,3)4;1-4-5-6(2)3;2*1-3-4(2)5(6,7)8;2*1-3-4-5(2,6)7;1-3-5(6,7)4-2;1-3-4(2)5(6)7;1-3-5(2)4-6;1-3-4-5(2)6;3*1-4-5(2)3/h5H2,1-4H3;6H,4-5H2,1-3H3;2*4H,3H2,1-2H3;3*3-4H2,1-2H3;4-5H,3H2,1-2H3;2*5H,3-4H2,1-2H3;3*5H,4H2,1-3H3/i;;3D2;;;;;;;;;;. The van der Waals surface area contributed by atoms with Crippen molar-refractivity contribution >= 4 is 0 Å². The second-order valence-electron chi connectivity index (χ2n) is 24.1. The van der Waals surface area contributed by atoms with E-state index in [2.05, 4.69) is 111 Å². The quantitative estimate of drug-likeness (QED) is 0.113. The molecule has 0 aromatic heterocycles. The first-order chi connectivity index (χ1) is 37.8. The summed E-state index contributed by atoms with van der Waals surface area (Å²) in [5, 5.41) is 0. The molecule has 0 aliphatic carbocycles. The van der Waals surface area contributed by atoms with E-state index in [0.29, 0.717) is 31.1 Å². The molecule has 83 heavy (non-hydrogen) atoms. The van der Waals surface area contributed by atoms with Crippen LogP contribution < -0.4 is 0 Å². The highest BCUT2D eigenvalue weighted by molar-refractivity contribution is 4.60. The van der Waals surface area contributed by atoms with Gasteiger partial charge >= 0.3 is 12.4 Å². The SMILES string of the molecule is CCC(C)(C)C.CCC(C)C.CCC(C)C.CCC(C)C.CCC(C)C(F)(F)F.CCC(C)C(F)F.CCC(C)CF.CCC(F)(F)CC.CCCC(C)(F)F.CCCC(C)(F)F.CCCC(C)C.CCCC(C)F.[2H]C([2H])(C)C(C)C(F)(F)F. The van der Waals surface area contributed by atoms with Gasteiger partial charge in [0.05, 0.1) is 24.7 Å². The zero-order valence-electron chi connectivity index (χ0n) is 62.0. The summed E-state index contributed by atoms with van der Waals surface area (Å²) in [7, 11) is 0. The maximum Gasteiger partial charge on any atom is 0.391 e. The zero-order valence-corrected chi connectivity index (χ0v) is 60.0. The lowest BCUT2D eigenvalue weighted by Gasteiger charge is -2.12. The molecule has 0 N–H and O–H groups in total. The monoisotopic (exact) mass is 1260 g/mol. The van der Waals surface area contributed by atoms with Crippen LogP contribution in [0.5, 0.6) is 0 Å². The van der Waals surface area contributed by atoms with Crippen molar-refractivity contribution in [3.05, 3.63) is 0 Å². The molecule has 524 valence electrons. The van der Waals surface area contributed by atoms with Gasteiger partial charge in [-0.05, 0) is 81.4 Å². The van der Waals surface area contributed by atoms with Crippen LogP contribution in [0.2, 0.25) is 0 Å². The number of hydrogen-bond donors (Lipinski definition) is 0. The topological polar surface area (TPSA) is 0 Å². The molecular weight excluding hydrogens is 1110 g/mol. The van der Waals surface area contributed by atoms with E-state index in [1.165, 1.54) is 66.2 Å². The van der Waals surface area contributed by atoms with Crippen molar-refractivity contribution < 1.29 is 73.0 Å². The number of alkyl halides is 16. The molecule has 0 nitrogen and oxygen atoms in total. The summed E-state index contributed by atoms with van der Waals surface area (Å²) < 4.78 is 200. The van der Waals surface area contributed by atoms with E-state index in [1.54, 1.807) is 34.6 Å². The molecule has 0 rings (SSSR count). The van der Waals surface area contributed by atoms with Gasteiger partial charge in [0.15, 0.2) is 0 Å². The fourth-order valence-electron chi connectivity index (χ4n) is 2.79. The van der Waals surface area contributed by atoms with E-state index in [-0.39, 0.29) is 44.7 Å². The lowest BCUT2D eigenvalue weighted by Crippen LogP contribution is -2.18. The highest BCUT2D eigenvalue weighted by atomic mass is 19.4. The fourth-order valence-corrected chi connectivity index (χ4v) is 2.79. The van der Waals surface area contributed by atoms with Crippen LogP contribution in [0.25, 0.3) is 0 Å². The van der Waals surface area contributed by atoms with E-state index in [9.17, 15) is 70.2 Å². The molecule has 0 amide bonds. The minimum atomic E-state index is -4.43. The Morgan fingerprint density at radius 3 is 0.639 bits per heavy atom. The van der Waals surface area contributed by atoms with E-state index in [4.69, 9.17) is 2.74 Å². The van der Waals surface area contributed by atoms with Gasteiger partial charge in [0.25, 0.3) is 0 Å². The highest BCUT2D eigenvalue weighted by Gasteiger charge is 2.34. The Kier molecular flexibility index (Phi) is 94.2. The molecule has 0 aliphatic rings. The van der Waals surface area contributed by atoms with E-state index in [0.717, 1.165) is 64.2 Å². The van der Waals surface area contributed by atoms with Gasteiger partial charge in [-0.25, -0.2) is 39.5 Å². The van der Waals surface area contributed by atoms with Crippen LogP contribution in [-0.4, -0.2) is 49.4 Å². The molecular formula is C67H144F16. The molecule has 0 saturated heterocycles. The van der Waals surface area contributed by atoms with Crippen molar-refractivity contribution in [2.75, 3.05) is 6.67 Å². The van der Waals surface area contributed by atoms with Crippen molar-refractivity contribution in [3.8, 4) is 0 Å². The lowest BCUT2D eigenvalue weighted by atomic mass is 9.94. The Hall–Kier alpha value is -1.12. The normalized spacial score (nSPS) is 13.4. The molecule has 0 radical (unpaired) electrons. The van der Waals surface area contributed by atoms with Crippen molar-refractivity contribution in [1.29, 1.82) is 0 Å². The third kappa shape index (κ3) is 173. The van der Waals surface area contributed by atoms with Gasteiger partial charge in [-0.1, -0.05) is 265 Å². The van der Waals surface area contributed by atoms with Crippen LogP contribution >= 0.6 is 0 Å². The molecule has 0 saturated carbocycles. The van der Waals surface area contributed by atoms with E-state index >= 15 is 0 Å². The van der Waals surface area contributed by atoms with Crippen LogP contribution in [0.4, 0.5) is 70.2 Å². The minimum Gasteiger partial charge on any atom is -0.251 e. The molecule has 5 unspecified atom stereocenters. The van der Waals surface area contributed by atoms with Crippen molar-refractivity contribution in [2.45, 2.75) is 380 Å². The minimum absolute atomic E-state index is 0.00694. The van der Waals surface area contributed by atoms with Crippen LogP contribution in [0.3, 0.4) is 0 Å². The van der Waals surface area contributed by atoms with Crippen LogP contribution in [0.1, 0.15) is 340 Å². The highest BCUT2D eigenvalue weighted by Crippen LogP contribution is 2.28. The Balaban J connectivity index is -0.0000000603. The van der Waals surface area contributed by atoms with E-state index < -0.39 is 66.8 Å². The molecule has 0 aliphatic heterocycles. The summed E-state index contributed by atoms with van der Waals surface area (Å²) in [5.74, 6) is -6.98. The molecule has 0 aromatic carbocycles. The summed E-state index contributed by atoms with van der Waals surface area (Å²) >= 11 is 0. The molecule has 0 fully saturated rings. The molecule has 0 bridgehead atoms. The van der Waals surface area contributed by atoms with Gasteiger partial charge in [-0.2, -0.15) is 26.3 Å². The first-order valence-electron chi connectivity index (χ1n) is 32.5. The Labute approximate surface area is 510 Å². The predicted molar refractivity (Wildman–Crippen MR) is 339 cm³/mol. The van der Waals surface area contributed by atoms with Crippen molar-refractivity contribution in [3.63, 3.8) is 0 Å². The summed E-state index contributed by atoms with van der Waals surface area (Å²) in [6.45, 7) is 59.0. The van der Waals surface area contributed by atoms with Gasteiger partial charge in [-0.15, -0.1) is 0 Å². The molecule has 5 atom stereocenters. The average Bonchev–Trinajstić information content (AvgIpc) is 3.35. The number of halogens is 16. The van der Waals surface area contributed by atoms with Gasteiger partial charge in [0.1, 0.15) is 0 Å². The molecule has 0 heterocycles. The second kappa shape index (κ2) is 73.4. The van der Waals surface area contributed by atoms with Gasteiger partial charge in [0, 0.05) is 34.3 Å². The van der Waals surface area contributed by atoms with Crippen LogP contribution in [-0.2, 0) is 0 Å². The third-order valence-corrected chi connectivity index (χ3v) is 11.6. The van der Waals surface area contributed by atoms with Crippen molar-refractivity contribution in [1.82, 2.24) is 0 Å². The Morgan fingerprint density at radius 1 is 0.361 bits per heavy atom. The summed E-state index contributed by atoms with van der Waals surface area (Å²) in [6.07, 6.45) is -1.04. The predicted octanol–water partition coefficient (Wildman–Crippen LogP) is 30.0. The molecule has 16 heteroatoms. The number of hydrogen-bond acceptors (Lipinski definition) is 0. The van der Waals surface area contributed by atoms with Crippen LogP contribution in [0, 0.1) is 52.8 Å². The molecule has 0 spiro atoms. The first-order valence-corrected chi connectivity index (χ1v) is 31.5. The van der Waals surface area contributed by atoms with Gasteiger partial charge in [-0.3, -0.25) is 4.39 Å². The maximum atomic E-state index is 11.9. The average molecular weight is 1260 g/mol. The summed E-state index contributed by atoms with van der Waals surface area (Å²) in [5.41, 5.74) is 0.542. The lowest BCUT2D eigenvalue weighted by molar-refractivity contribution is -0.170. The maximum absolute atomic E-state index is 11.9. The summed E-state index contributed by atoms with van der Waals surface area (Å²) in [6, 6.07) is 0. The second-order valence-corrected chi connectivity index (χ2v) is 24.1. The van der Waals surface area contributed by atoms with E-state index in [1.807, 2.05) is 20.8 Å². The Bertz CT molecular complexity index is 1100. The van der Waals surface area contributed by atoms with Gasteiger partial charge < -0.3 is 0 Å². The van der Waals surface area contributed by atoms with Crippen molar-refractivity contribution in [2.24, 2.45) is 52.8 Å². The first kappa shape index (κ1) is 107. The summed E-state index contributed by atoms with van der Waals surface area (Å²) in [4.78, 5) is 0. The fraction of sp³-hybridized carbons (Fsp3) is 1.00. The Morgan fingerprint density at radius 2 is 0.639 bits per heavy atom. The number of rotatable bonds is 19. The van der Waals surface area contributed by atoms with Crippen LogP contribution in [0.15, 0.2) is 0 Å². The zero-order chi connectivity index (χ0) is 72.0. The smallest absolute Gasteiger partial charge is 0.251 e. The largest absolute Gasteiger partial charge is 0.391 e. The van der Waals surface area contributed by atoms with Gasteiger partial charge in [0.2, 0.25) is 24.2 Å². The third-order valence-electron chi connectivity index (χ3n) is 11.6. The molecule has 0 aromatic rings.